The third kappa shape index (κ3) is 6.74. The molecule has 8 heteroatoms. The molecule has 1 aliphatic heterocycles. The van der Waals surface area contributed by atoms with E-state index >= 15 is 0 Å². The van der Waals surface area contributed by atoms with Gasteiger partial charge in [-0.25, -0.2) is 4.79 Å². The van der Waals surface area contributed by atoms with Crippen molar-refractivity contribution in [2.45, 2.75) is 39.8 Å². The number of hydrogen-bond donors (Lipinski definition) is 1. The van der Waals surface area contributed by atoms with Crippen LogP contribution in [0.1, 0.15) is 27.7 Å². The largest absolute Gasteiger partial charge is 0.493 e. The maximum atomic E-state index is 12.8. The second kappa shape index (κ2) is 11.7. The van der Waals surface area contributed by atoms with Gasteiger partial charge < -0.3 is 24.6 Å². The molecule has 0 unspecified atom stereocenters. The van der Waals surface area contributed by atoms with Crippen LogP contribution in [0.25, 0.3) is 0 Å². The van der Waals surface area contributed by atoms with Crippen LogP contribution < -0.4 is 19.7 Å². The van der Waals surface area contributed by atoms with E-state index in [9.17, 15) is 4.79 Å². The van der Waals surface area contributed by atoms with Crippen molar-refractivity contribution in [3.8, 4) is 11.5 Å². The monoisotopic (exact) mass is 455 g/mol. The molecule has 1 aromatic heterocycles. The van der Waals surface area contributed by atoms with Crippen LogP contribution in [0, 0.1) is 0 Å². The summed E-state index contributed by atoms with van der Waals surface area (Å²) in [5.41, 5.74) is 1.83. The number of ether oxygens (including phenoxy) is 2. The Bertz CT molecular complexity index is 875. The standard InChI is InChI=1S/C25H37N5O3/c1-19(2)30(20(3)4)16-17-33-24-18-21(6-7-23(24)32-5)27-25(31)29-14-12-28(13-15-29)22-8-10-26-11-9-22/h6-11,18-20H,12-17H2,1-5H3,(H,27,31). The molecule has 0 saturated carbocycles. The number of piperazine rings is 1. The summed E-state index contributed by atoms with van der Waals surface area (Å²) in [4.78, 5) is 23.4. The number of amides is 2. The van der Waals surface area contributed by atoms with Gasteiger partial charge in [-0.15, -0.1) is 0 Å². The number of rotatable bonds is 9. The highest BCUT2D eigenvalue weighted by atomic mass is 16.5. The fourth-order valence-electron chi connectivity index (χ4n) is 4.17. The Morgan fingerprint density at radius 2 is 1.70 bits per heavy atom. The first-order valence-corrected chi connectivity index (χ1v) is 11.7. The fourth-order valence-corrected chi connectivity index (χ4v) is 4.17. The summed E-state index contributed by atoms with van der Waals surface area (Å²) in [6.45, 7) is 13.0. The first-order chi connectivity index (χ1) is 15.9. The third-order valence-electron chi connectivity index (χ3n) is 5.94. The molecule has 2 heterocycles. The highest BCUT2D eigenvalue weighted by molar-refractivity contribution is 5.90. The number of nitrogens with zero attached hydrogens (tertiary/aromatic N) is 4. The molecule has 8 nitrogen and oxygen atoms in total. The molecular formula is C25H37N5O3. The average Bonchev–Trinajstić information content (AvgIpc) is 2.82. The van der Waals surface area contributed by atoms with Crippen molar-refractivity contribution in [3.63, 3.8) is 0 Å². The first kappa shape index (κ1) is 24.6. The van der Waals surface area contributed by atoms with Gasteiger partial charge in [0, 0.05) is 74.6 Å². The Morgan fingerprint density at radius 1 is 1.03 bits per heavy atom. The van der Waals surface area contributed by atoms with Crippen LogP contribution in [0.15, 0.2) is 42.7 Å². The molecule has 1 fully saturated rings. The molecule has 0 spiro atoms. The Labute approximate surface area is 197 Å². The van der Waals surface area contributed by atoms with Gasteiger partial charge in [0.05, 0.1) is 7.11 Å². The molecule has 3 rings (SSSR count). The SMILES string of the molecule is COc1ccc(NC(=O)N2CCN(c3ccncc3)CC2)cc1OCCN(C(C)C)C(C)C. The van der Waals surface area contributed by atoms with E-state index in [1.165, 1.54) is 0 Å². The van der Waals surface area contributed by atoms with E-state index in [-0.39, 0.29) is 6.03 Å². The molecule has 180 valence electrons. The van der Waals surface area contributed by atoms with Gasteiger partial charge in [0.25, 0.3) is 0 Å². The number of carbonyl (C=O) groups excluding carboxylic acids is 1. The van der Waals surface area contributed by atoms with Crippen molar-refractivity contribution >= 4 is 17.4 Å². The predicted molar refractivity (Wildman–Crippen MR) is 133 cm³/mol. The lowest BCUT2D eigenvalue weighted by Crippen LogP contribution is -2.50. The summed E-state index contributed by atoms with van der Waals surface area (Å²) < 4.78 is 11.5. The van der Waals surface area contributed by atoms with Crippen LogP contribution in [-0.2, 0) is 0 Å². The molecule has 2 amide bonds. The Hall–Kier alpha value is -3.00. The molecule has 2 aromatic rings. The van der Waals surface area contributed by atoms with Gasteiger partial charge in [-0.3, -0.25) is 9.88 Å². The second-order valence-corrected chi connectivity index (χ2v) is 8.75. The first-order valence-electron chi connectivity index (χ1n) is 11.7. The van der Waals surface area contributed by atoms with Gasteiger partial charge in [0.15, 0.2) is 11.5 Å². The number of pyridine rings is 1. The lowest BCUT2D eigenvalue weighted by Gasteiger charge is -2.36. The molecule has 0 radical (unpaired) electrons. The minimum Gasteiger partial charge on any atom is -0.493 e. The van der Waals surface area contributed by atoms with E-state index in [0.29, 0.717) is 49.0 Å². The summed E-state index contributed by atoms with van der Waals surface area (Å²) >= 11 is 0. The lowest BCUT2D eigenvalue weighted by atomic mass is 10.2. The molecule has 33 heavy (non-hydrogen) atoms. The fraction of sp³-hybridized carbons (Fsp3) is 0.520. The molecule has 0 aliphatic carbocycles. The van der Waals surface area contributed by atoms with Crippen LogP contribution in [0.3, 0.4) is 0 Å². The topological polar surface area (TPSA) is 70.2 Å². The maximum absolute atomic E-state index is 12.8. The molecule has 1 aromatic carbocycles. The minimum atomic E-state index is -0.105. The van der Waals surface area contributed by atoms with E-state index in [1.54, 1.807) is 19.5 Å². The summed E-state index contributed by atoms with van der Waals surface area (Å²) in [7, 11) is 1.62. The molecule has 1 N–H and O–H groups in total. The number of hydrogen-bond acceptors (Lipinski definition) is 6. The number of benzene rings is 1. The van der Waals surface area contributed by atoms with Crippen LogP contribution in [0.2, 0.25) is 0 Å². The van der Waals surface area contributed by atoms with Crippen molar-refractivity contribution < 1.29 is 14.3 Å². The molecule has 0 bridgehead atoms. The summed E-state index contributed by atoms with van der Waals surface area (Å²) in [5, 5.41) is 3.01. The predicted octanol–water partition coefficient (Wildman–Crippen LogP) is 3.94. The smallest absolute Gasteiger partial charge is 0.321 e. The van der Waals surface area contributed by atoms with Gasteiger partial charge >= 0.3 is 6.03 Å². The van der Waals surface area contributed by atoms with E-state index < -0.39 is 0 Å². The Kier molecular flexibility index (Phi) is 8.77. The normalized spacial score (nSPS) is 14.2. The quantitative estimate of drug-likeness (QED) is 0.618. The number of urea groups is 1. The van der Waals surface area contributed by atoms with Gasteiger partial charge in [0.2, 0.25) is 0 Å². The zero-order chi connectivity index (χ0) is 23.8. The summed E-state index contributed by atoms with van der Waals surface area (Å²) in [5.74, 6) is 1.28. The summed E-state index contributed by atoms with van der Waals surface area (Å²) in [6, 6.07) is 10.3. The van der Waals surface area contributed by atoms with Crippen molar-refractivity contribution in [1.82, 2.24) is 14.8 Å². The minimum absolute atomic E-state index is 0.105. The Balaban J connectivity index is 1.56. The zero-order valence-corrected chi connectivity index (χ0v) is 20.5. The third-order valence-corrected chi connectivity index (χ3v) is 5.94. The van der Waals surface area contributed by atoms with Crippen LogP contribution in [0.5, 0.6) is 11.5 Å². The molecule has 1 saturated heterocycles. The van der Waals surface area contributed by atoms with Gasteiger partial charge in [-0.2, -0.15) is 0 Å². The van der Waals surface area contributed by atoms with Crippen molar-refractivity contribution in [1.29, 1.82) is 0 Å². The summed E-state index contributed by atoms with van der Waals surface area (Å²) in [6.07, 6.45) is 3.59. The highest BCUT2D eigenvalue weighted by Gasteiger charge is 2.22. The molecule has 1 aliphatic rings. The van der Waals surface area contributed by atoms with Crippen LogP contribution >= 0.6 is 0 Å². The van der Waals surface area contributed by atoms with Gasteiger partial charge in [-0.1, -0.05) is 0 Å². The number of nitrogens with one attached hydrogen (secondary N) is 1. The highest BCUT2D eigenvalue weighted by Crippen LogP contribution is 2.30. The number of aromatic nitrogens is 1. The lowest BCUT2D eigenvalue weighted by molar-refractivity contribution is 0.140. The van der Waals surface area contributed by atoms with E-state index in [2.05, 4.69) is 47.8 Å². The van der Waals surface area contributed by atoms with Crippen molar-refractivity contribution in [2.75, 3.05) is 56.7 Å². The Morgan fingerprint density at radius 3 is 2.30 bits per heavy atom. The number of methoxy groups -OCH3 is 1. The van der Waals surface area contributed by atoms with Gasteiger partial charge in [0.1, 0.15) is 6.61 Å². The molecule has 0 atom stereocenters. The van der Waals surface area contributed by atoms with Crippen molar-refractivity contribution in [3.05, 3.63) is 42.7 Å². The van der Waals surface area contributed by atoms with E-state index in [0.717, 1.165) is 25.3 Å². The molecular weight excluding hydrogens is 418 g/mol. The van der Waals surface area contributed by atoms with Gasteiger partial charge in [-0.05, 0) is 52.0 Å². The average molecular weight is 456 g/mol. The van der Waals surface area contributed by atoms with Crippen molar-refractivity contribution in [2.24, 2.45) is 0 Å². The number of anilines is 2. The van der Waals surface area contributed by atoms with E-state index in [4.69, 9.17) is 9.47 Å². The number of carbonyl (C=O) groups is 1. The zero-order valence-electron chi connectivity index (χ0n) is 20.5. The maximum Gasteiger partial charge on any atom is 0.321 e. The second-order valence-electron chi connectivity index (χ2n) is 8.75. The van der Waals surface area contributed by atoms with E-state index in [1.807, 2.05) is 35.2 Å². The van der Waals surface area contributed by atoms with Crippen LogP contribution in [0.4, 0.5) is 16.2 Å². The van der Waals surface area contributed by atoms with Crippen LogP contribution in [-0.4, -0.2) is 79.3 Å².